The van der Waals surface area contributed by atoms with Gasteiger partial charge in [0.25, 0.3) is 0 Å². The summed E-state index contributed by atoms with van der Waals surface area (Å²) in [5, 5.41) is 11.0. The van der Waals surface area contributed by atoms with Crippen LogP contribution in [0, 0.1) is 17.0 Å². The zero-order chi connectivity index (χ0) is 13.0. The van der Waals surface area contributed by atoms with Gasteiger partial charge in [-0.2, -0.15) is 0 Å². The maximum atomic E-state index is 11.0. The molecule has 0 radical (unpaired) electrons. The Kier molecular flexibility index (Phi) is 4.43. The first-order valence-corrected chi connectivity index (χ1v) is 5.85. The minimum atomic E-state index is -0.367. The van der Waals surface area contributed by atoms with Gasteiger partial charge in [-0.15, -0.1) is 0 Å². The van der Waals surface area contributed by atoms with E-state index in [1.165, 1.54) is 0 Å². The largest absolute Gasteiger partial charge is 0.351 e. The van der Waals surface area contributed by atoms with Gasteiger partial charge >= 0.3 is 5.69 Å². The molecule has 0 saturated carbocycles. The molecule has 0 bridgehead atoms. The maximum absolute atomic E-state index is 11.0. The van der Waals surface area contributed by atoms with Crippen molar-refractivity contribution in [1.82, 2.24) is 4.98 Å². The second kappa shape index (κ2) is 5.61. The van der Waals surface area contributed by atoms with E-state index < -0.39 is 0 Å². The van der Waals surface area contributed by atoms with Crippen LogP contribution in [0.2, 0.25) is 0 Å². The number of aromatic nitrogens is 1. The third-order valence-corrected chi connectivity index (χ3v) is 3.00. The number of hydrogen-bond acceptors (Lipinski definition) is 4. The Morgan fingerprint density at radius 3 is 2.53 bits per heavy atom. The molecule has 0 spiro atoms. The van der Waals surface area contributed by atoms with Crippen LogP contribution in [0.5, 0.6) is 0 Å². The highest BCUT2D eigenvalue weighted by Crippen LogP contribution is 2.27. The van der Waals surface area contributed by atoms with E-state index in [0.717, 1.165) is 18.4 Å². The number of pyridine rings is 1. The molecule has 0 aromatic carbocycles. The Hall–Kier alpha value is -1.65. The fourth-order valence-corrected chi connectivity index (χ4v) is 1.96. The molecule has 94 valence electrons. The summed E-state index contributed by atoms with van der Waals surface area (Å²) in [6.45, 7) is 5.95. The standard InChI is InChI=1S/C12H19N3O2/c1-5-10(6-2)14(4)12-11(15(16)17)7-9(3)8-13-12/h7-8,10H,5-6H2,1-4H3. The third-order valence-electron chi connectivity index (χ3n) is 3.00. The zero-order valence-corrected chi connectivity index (χ0v) is 10.8. The topological polar surface area (TPSA) is 59.3 Å². The van der Waals surface area contributed by atoms with Crippen LogP contribution in [0.25, 0.3) is 0 Å². The first kappa shape index (κ1) is 13.4. The van der Waals surface area contributed by atoms with E-state index >= 15 is 0 Å². The van der Waals surface area contributed by atoms with Gasteiger partial charge in [0.2, 0.25) is 5.82 Å². The van der Waals surface area contributed by atoms with Gasteiger partial charge in [-0.25, -0.2) is 4.98 Å². The van der Waals surface area contributed by atoms with E-state index in [-0.39, 0.29) is 16.7 Å². The Morgan fingerprint density at radius 1 is 1.47 bits per heavy atom. The third kappa shape index (κ3) is 2.93. The molecule has 0 aliphatic carbocycles. The minimum Gasteiger partial charge on any atom is -0.351 e. The van der Waals surface area contributed by atoms with Gasteiger partial charge < -0.3 is 4.90 Å². The highest BCUT2D eigenvalue weighted by Gasteiger charge is 2.22. The van der Waals surface area contributed by atoms with Crippen molar-refractivity contribution in [2.75, 3.05) is 11.9 Å². The smallest absolute Gasteiger partial charge is 0.311 e. The second-order valence-corrected chi connectivity index (χ2v) is 4.19. The summed E-state index contributed by atoms with van der Waals surface area (Å²) in [6, 6.07) is 1.85. The van der Waals surface area contributed by atoms with Crippen LogP contribution in [0.4, 0.5) is 11.5 Å². The van der Waals surface area contributed by atoms with E-state index in [1.54, 1.807) is 19.2 Å². The molecular formula is C12H19N3O2. The Balaban J connectivity index is 3.16. The van der Waals surface area contributed by atoms with Crippen LogP contribution in [0.1, 0.15) is 32.3 Å². The molecule has 0 saturated heterocycles. The van der Waals surface area contributed by atoms with Crippen molar-refractivity contribution < 1.29 is 4.92 Å². The molecule has 1 rings (SSSR count). The summed E-state index contributed by atoms with van der Waals surface area (Å²) in [4.78, 5) is 16.8. The molecule has 0 aliphatic heterocycles. The molecule has 1 aromatic heterocycles. The summed E-state index contributed by atoms with van der Waals surface area (Å²) in [6.07, 6.45) is 3.56. The average molecular weight is 237 g/mol. The number of nitro groups is 1. The van der Waals surface area contributed by atoms with Crippen molar-refractivity contribution in [2.24, 2.45) is 0 Å². The van der Waals surface area contributed by atoms with Gasteiger partial charge in [-0.05, 0) is 25.3 Å². The van der Waals surface area contributed by atoms with Crippen LogP contribution >= 0.6 is 0 Å². The predicted octanol–water partition coefficient (Wildman–Crippen LogP) is 2.92. The molecule has 0 aliphatic rings. The molecule has 5 nitrogen and oxygen atoms in total. The molecular weight excluding hydrogens is 218 g/mol. The molecule has 0 fully saturated rings. The predicted molar refractivity (Wildman–Crippen MR) is 68.4 cm³/mol. The molecule has 1 aromatic rings. The fourth-order valence-electron chi connectivity index (χ4n) is 1.96. The summed E-state index contributed by atoms with van der Waals surface area (Å²) in [5.74, 6) is 0.453. The van der Waals surface area contributed by atoms with E-state index in [9.17, 15) is 10.1 Å². The summed E-state index contributed by atoms with van der Waals surface area (Å²) >= 11 is 0. The van der Waals surface area contributed by atoms with Crippen molar-refractivity contribution in [3.8, 4) is 0 Å². The SMILES string of the molecule is CCC(CC)N(C)c1ncc(C)cc1[N+](=O)[O-]. The number of anilines is 1. The monoisotopic (exact) mass is 237 g/mol. The van der Waals surface area contributed by atoms with E-state index in [0.29, 0.717) is 5.82 Å². The molecule has 0 unspecified atom stereocenters. The van der Waals surface area contributed by atoms with E-state index in [2.05, 4.69) is 18.8 Å². The van der Waals surface area contributed by atoms with Crippen LogP contribution in [-0.2, 0) is 0 Å². The molecule has 0 amide bonds. The van der Waals surface area contributed by atoms with Crippen molar-refractivity contribution >= 4 is 11.5 Å². The molecule has 1 heterocycles. The normalized spacial score (nSPS) is 10.6. The van der Waals surface area contributed by atoms with E-state index in [1.807, 2.05) is 11.9 Å². The molecule has 17 heavy (non-hydrogen) atoms. The first-order valence-electron chi connectivity index (χ1n) is 5.85. The van der Waals surface area contributed by atoms with Gasteiger partial charge in [0, 0.05) is 25.4 Å². The van der Waals surface area contributed by atoms with Crippen molar-refractivity contribution in [1.29, 1.82) is 0 Å². The minimum absolute atomic E-state index is 0.0828. The lowest BCUT2D eigenvalue weighted by atomic mass is 10.1. The fraction of sp³-hybridized carbons (Fsp3) is 0.583. The zero-order valence-electron chi connectivity index (χ0n) is 10.8. The lowest BCUT2D eigenvalue weighted by molar-refractivity contribution is -0.384. The van der Waals surface area contributed by atoms with E-state index in [4.69, 9.17) is 0 Å². The highest BCUT2D eigenvalue weighted by atomic mass is 16.6. The van der Waals surface area contributed by atoms with Gasteiger partial charge in [0.15, 0.2) is 0 Å². The number of aryl methyl sites for hydroxylation is 1. The Labute approximate surface area is 102 Å². The molecule has 0 atom stereocenters. The van der Waals surface area contributed by atoms with Gasteiger partial charge in [-0.1, -0.05) is 13.8 Å². The van der Waals surface area contributed by atoms with Crippen molar-refractivity contribution in [3.63, 3.8) is 0 Å². The summed E-state index contributed by atoms with van der Waals surface area (Å²) in [5.41, 5.74) is 0.887. The van der Waals surface area contributed by atoms with Crippen molar-refractivity contribution in [2.45, 2.75) is 39.7 Å². The van der Waals surface area contributed by atoms with Crippen molar-refractivity contribution in [3.05, 3.63) is 27.9 Å². The lowest BCUT2D eigenvalue weighted by Crippen LogP contribution is -2.31. The van der Waals surface area contributed by atoms with Crippen LogP contribution in [-0.4, -0.2) is 23.0 Å². The summed E-state index contributed by atoms with van der Waals surface area (Å²) in [7, 11) is 1.86. The van der Waals surface area contributed by atoms with Crippen LogP contribution in [0.3, 0.4) is 0 Å². The Morgan fingerprint density at radius 2 is 2.06 bits per heavy atom. The summed E-state index contributed by atoms with van der Waals surface area (Å²) < 4.78 is 0. The van der Waals surface area contributed by atoms with Crippen LogP contribution in [0.15, 0.2) is 12.3 Å². The molecule has 0 N–H and O–H groups in total. The van der Waals surface area contributed by atoms with Crippen LogP contribution < -0.4 is 4.90 Å². The van der Waals surface area contributed by atoms with Gasteiger partial charge in [-0.3, -0.25) is 10.1 Å². The first-order chi connectivity index (χ1) is 8.01. The molecule has 5 heteroatoms. The lowest BCUT2D eigenvalue weighted by Gasteiger charge is -2.26. The number of nitrogens with zero attached hydrogens (tertiary/aromatic N) is 3. The number of rotatable bonds is 5. The van der Waals surface area contributed by atoms with Gasteiger partial charge in [0.1, 0.15) is 0 Å². The highest BCUT2D eigenvalue weighted by molar-refractivity contribution is 5.58. The average Bonchev–Trinajstić information content (AvgIpc) is 2.30. The Bertz CT molecular complexity index is 403. The quantitative estimate of drug-likeness (QED) is 0.583. The van der Waals surface area contributed by atoms with Gasteiger partial charge in [0.05, 0.1) is 4.92 Å². The maximum Gasteiger partial charge on any atom is 0.311 e. The second-order valence-electron chi connectivity index (χ2n) is 4.19. The number of hydrogen-bond donors (Lipinski definition) is 0.